The summed E-state index contributed by atoms with van der Waals surface area (Å²) in [5, 5.41) is 13.8. The number of hydrogen-bond acceptors (Lipinski definition) is 4. The first-order chi connectivity index (χ1) is 8.79. The number of morpholine rings is 1. The molecule has 1 saturated heterocycles. The Labute approximate surface area is 111 Å². The van der Waals surface area contributed by atoms with Crippen molar-refractivity contribution in [1.29, 1.82) is 0 Å². The van der Waals surface area contributed by atoms with Crippen molar-refractivity contribution in [3.63, 3.8) is 0 Å². The predicted octanol–water partition coefficient (Wildman–Crippen LogP) is 0.994. The molecule has 106 valence electrons. The lowest BCUT2D eigenvalue weighted by Crippen LogP contribution is -2.43. The summed E-state index contributed by atoms with van der Waals surface area (Å²) < 4.78 is 5.33. The largest absolute Gasteiger partial charge is 0.389 e. The van der Waals surface area contributed by atoms with Crippen molar-refractivity contribution >= 4 is 0 Å². The summed E-state index contributed by atoms with van der Waals surface area (Å²) in [7, 11) is 0. The Morgan fingerprint density at radius 3 is 2.56 bits per heavy atom. The van der Waals surface area contributed by atoms with Crippen molar-refractivity contribution in [1.82, 2.24) is 10.2 Å². The fourth-order valence-corrected chi connectivity index (χ4v) is 2.96. The first kappa shape index (κ1) is 14.3. The van der Waals surface area contributed by atoms with E-state index in [4.69, 9.17) is 4.74 Å². The highest BCUT2D eigenvalue weighted by atomic mass is 16.5. The minimum Gasteiger partial charge on any atom is -0.389 e. The van der Waals surface area contributed by atoms with Crippen molar-refractivity contribution in [3.8, 4) is 0 Å². The zero-order valence-corrected chi connectivity index (χ0v) is 11.5. The van der Waals surface area contributed by atoms with Gasteiger partial charge in [0.05, 0.1) is 18.8 Å². The molecule has 1 aliphatic carbocycles. The van der Waals surface area contributed by atoms with E-state index in [1.807, 2.05) is 0 Å². The molecule has 0 atom stereocenters. The van der Waals surface area contributed by atoms with E-state index in [2.05, 4.69) is 10.2 Å². The van der Waals surface area contributed by atoms with Crippen LogP contribution in [0.2, 0.25) is 0 Å². The molecule has 0 unspecified atom stereocenters. The van der Waals surface area contributed by atoms with Crippen molar-refractivity contribution in [2.45, 2.75) is 44.1 Å². The molecule has 2 aliphatic rings. The molecule has 0 amide bonds. The van der Waals surface area contributed by atoms with Gasteiger partial charge >= 0.3 is 0 Å². The summed E-state index contributed by atoms with van der Waals surface area (Å²) in [5.41, 5.74) is -0.419. The molecule has 1 saturated carbocycles. The Kier molecular flexibility index (Phi) is 5.89. The van der Waals surface area contributed by atoms with Gasteiger partial charge in [0, 0.05) is 19.6 Å². The van der Waals surface area contributed by atoms with Gasteiger partial charge in [0.1, 0.15) is 0 Å². The van der Waals surface area contributed by atoms with Crippen LogP contribution in [0.25, 0.3) is 0 Å². The van der Waals surface area contributed by atoms with Gasteiger partial charge in [0.2, 0.25) is 0 Å². The molecular formula is C14H28N2O2. The van der Waals surface area contributed by atoms with Crippen LogP contribution in [-0.4, -0.2) is 61.5 Å². The van der Waals surface area contributed by atoms with Gasteiger partial charge < -0.3 is 15.2 Å². The van der Waals surface area contributed by atoms with Gasteiger partial charge in [-0.25, -0.2) is 0 Å². The second-order valence-corrected chi connectivity index (χ2v) is 5.77. The monoisotopic (exact) mass is 256 g/mol. The molecule has 0 aromatic rings. The molecule has 0 spiro atoms. The summed E-state index contributed by atoms with van der Waals surface area (Å²) in [6, 6.07) is 0. The standard InChI is InChI=1S/C14H28N2O2/c17-14(5-2-1-3-6-14)13-15-7-4-8-16-9-11-18-12-10-16/h15,17H,1-13H2. The maximum Gasteiger partial charge on any atom is 0.0771 e. The molecule has 2 rings (SSSR count). The van der Waals surface area contributed by atoms with Crippen LogP contribution < -0.4 is 5.32 Å². The van der Waals surface area contributed by atoms with E-state index in [0.717, 1.165) is 65.2 Å². The zero-order chi connectivity index (χ0) is 12.7. The number of rotatable bonds is 6. The second kappa shape index (κ2) is 7.43. The molecule has 0 aromatic heterocycles. The van der Waals surface area contributed by atoms with Gasteiger partial charge in [-0.1, -0.05) is 19.3 Å². The second-order valence-electron chi connectivity index (χ2n) is 5.77. The molecular weight excluding hydrogens is 228 g/mol. The van der Waals surface area contributed by atoms with E-state index in [-0.39, 0.29) is 0 Å². The number of hydrogen-bond donors (Lipinski definition) is 2. The SMILES string of the molecule is OC1(CNCCCN2CCOCC2)CCCCC1. The topological polar surface area (TPSA) is 44.7 Å². The predicted molar refractivity (Wildman–Crippen MR) is 72.8 cm³/mol. The van der Waals surface area contributed by atoms with Crippen LogP contribution in [0.4, 0.5) is 0 Å². The lowest BCUT2D eigenvalue weighted by atomic mass is 9.85. The number of nitrogens with zero attached hydrogens (tertiary/aromatic N) is 1. The summed E-state index contributed by atoms with van der Waals surface area (Å²) in [5.74, 6) is 0. The molecule has 1 heterocycles. The van der Waals surface area contributed by atoms with Crippen LogP contribution >= 0.6 is 0 Å². The third-order valence-corrected chi connectivity index (χ3v) is 4.17. The van der Waals surface area contributed by atoms with Gasteiger partial charge in [-0.2, -0.15) is 0 Å². The third-order valence-electron chi connectivity index (χ3n) is 4.17. The Balaban J connectivity index is 1.50. The van der Waals surface area contributed by atoms with Crippen LogP contribution in [-0.2, 0) is 4.74 Å². The quantitative estimate of drug-likeness (QED) is 0.696. The van der Waals surface area contributed by atoms with Gasteiger partial charge in [0.15, 0.2) is 0 Å². The van der Waals surface area contributed by atoms with Gasteiger partial charge in [-0.15, -0.1) is 0 Å². The van der Waals surface area contributed by atoms with E-state index < -0.39 is 5.60 Å². The van der Waals surface area contributed by atoms with Crippen LogP contribution in [0, 0.1) is 0 Å². The zero-order valence-electron chi connectivity index (χ0n) is 11.5. The first-order valence-electron chi connectivity index (χ1n) is 7.52. The van der Waals surface area contributed by atoms with Crippen LogP contribution in [0.5, 0.6) is 0 Å². The van der Waals surface area contributed by atoms with Crippen LogP contribution in [0.1, 0.15) is 38.5 Å². The average molecular weight is 256 g/mol. The van der Waals surface area contributed by atoms with E-state index in [1.165, 1.54) is 19.3 Å². The summed E-state index contributed by atoms with van der Waals surface area (Å²) in [4.78, 5) is 2.46. The lowest BCUT2D eigenvalue weighted by molar-refractivity contribution is 0.00455. The van der Waals surface area contributed by atoms with E-state index in [0.29, 0.717) is 0 Å². The Hall–Kier alpha value is -0.160. The summed E-state index contributed by atoms with van der Waals surface area (Å²) in [6.45, 7) is 6.85. The van der Waals surface area contributed by atoms with Gasteiger partial charge in [-0.3, -0.25) is 4.90 Å². The number of ether oxygens (including phenoxy) is 1. The van der Waals surface area contributed by atoms with E-state index in [1.54, 1.807) is 0 Å². The first-order valence-corrected chi connectivity index (χ1v) is 7.52. The van der Waals surface area contributed by atoms with Crippen molar-refractivity contribution in [3.05, 3.63) is 0 Å². The maximum absolute atomic E-state index is 10.3. The third kappa shape index (κ3) is 4.84. The molecule has 4 nitrogen and oxygen atoms in total. The molecule has 2 N–H and O–H groups in total. The molecule has 0 aromatic carbocycles. The Morgan fingerprint density at radius 1 is 1.11 bits per heavy atom. The smallest absolute Gasteiger partial charge is 0.0771 e. The molecule has 1 aliphatic heterocycles. The molecule has 0 bridgehead atoms. The van der Waals surface area contributed by atoms with Crippen LogP contribution in [0.15, 0.2) is 0 Å². The van der Waals surface area contributed by atoms with E-state index >= 15 is 0 Å². The fraction of sp³-hybridized carbons (Fsp3) is 1.00. The minimum atomic E-state index is -0.419. The van der Waals surface area contributed by atoms with Crippen molar-refractivity contribution in [2.75, 3.05) is 45.9 Å². The van der Waals surface area contributed by atoms with Crippen molar-refractivity contribution < 1.29 is 9.84 Å². The maximum atomic E-state index is 10.3. The molecule has 2 fully saturated rings. The molecule has 0 radical (unpaired) electrons. The number of aliphatic hydroxyl groups is 1. The molecule has 18 heavy (non-hydrogen) atoms. The van der Waals surface area contributed by atoms with Gasteiger partial charge in [0.25, 0.3) is 0 Å². The summed E-state index contributed by atoms with van der Waals surface area (Å²) in [6.07, 6.45) is 6.78. The lowest BCUT2D eigenvalue weighted by Gasteiger charge is -2.32. The fourth-order valence-electron chi connectivity index (χ4n) is 2.96. The van der Waals surface area contributed by atoms with E-state index in [9.17, 15) is 5.11 Å². The van der Waals surface area contributed by atoms with Crippen molar-refractivity contribution in [2.24, 2.45) is 0 Å². The number of nitrogens with one attached hydrogen (secondary N) is 1. The van der Waals surface area contributed by atoms with Crippen LogP contribution in [0.3, 0.4) is 0 Å². The minimum absolute atomic E-state index is 0.419. The normalized spacial score (nSPS) is 25.2. The highest BCUT2D eigenvalue weighted by Crippen LogP contribution is 2.27. The molecule has 4 heteroatoms. The highest BCUT2D eigenvalue weighted by molar-refractivity contribution is 4.84. The average Bonchev–Trinajstić information content (AvgIpc) is 2.40. The Bertz CT molecular complexity index is 224. The highest BCUT2D eigenvalue weighted by Gasteiger charge is 2.28. The van der Waals surface area contributed by atoms with Gasteiger partial charge in [-0.05, 0) is 32.4 Å². The Morgan fingerprint density at radius 2 is 1.83 bits per heavy atom. The summed E-state index contributed by atoms with van der Waals surface area (Å²) >= 11 is 0.